The number of rotatable bonds is 2. The van der Waals surface area contributed by atoms with Crippen LogP contribution in [0.2, 0.25) is 0 Å². The minimum atomic E-state index is 0.434. The molecule has 0 saturated carbocycles. The Hall–Kier alpha value is -1.64. The fourth-order valence-corrected chi connectivity index (χ4v) is 1.40. The molecule has 0 saturated heterocycles. The van der Waals surface area contributed by atoms with Crippen molar-refractivity contribution in [3.05, 3.63) is 30.5 Å². The van der Waals surface area contributed by atoms with Gasteiger partial charge in [0.2, 0.25) is 0 Å². The molecule has 0 fully saturated rings. The van der Waals surface area contributed by atoms with E-state index in [2.05, 4.69) is 41.5 Å². The summed E-state index contributed by atoms with van der Waals surface area (Å²) < 4.78 is 0. The zero-order chi connectivity index (χ0) is 9.97. The highest BCUT2D eigenvalue weighted by Gasteiger charge is 1.98. The number of fused-ring (bicyclic) bond motifs is 1. The molecule has 0 amide bonds. The Morgan fingerprint density at radius 3 is 2.86 bits per heavy atom. The van der Waals surface area contributed by atoms with Crippen molar-refractivity contribution in [3.63, 3.8) is 0 Å². The average molecular weight is 187 g/mol. The van der Waals surface area contributed by atoms with Crippen LogP contribution in [0.5, 0.6) is 0 Å². The van der Waals surface area contributed by atoms with E-state index in [0.717, 1.165) is 16.6 Å². The van der Waals surface area contributed by atoms with Crippen molar-refractivity contribution in [1.29, 1.82) is 0 Å². The molecule has 72 valence electrons. The van der Waals surface area contributed by atoms with E-state index in [1.165, 1.54) is 0 Å². The third kappa shape index (κ3) is 1.82. The lowest BCUT2D eigenvalue weighted by atomic mass is 10.2. The Bertz CT molecular complexity index is 437. The number of nitrogens with zero attached hydrogens (tertiary/aromatic N) is 2. The summed E-state index contributed by atoms with van der Waals surface area (Å²) >= 11 is 0. The maximum absolute atomic E-state index is 4.06. The fraction of sp³-hybridized carbons (Fsp3) is 0.273. The molecule has 0 atom stereocenters. The summed E-state index contributed by atoms with van der Waals surface area (Å²) in [6.45, 7) is 4.22. The fourth-order valence-electron chi connectivity index (χ4n) is 1.40. The van der Waals surface area contributed by atoms with Gasteiger partial charge in [0.25, 0.3) is 0 Å². The van der Waals surface area contributed by atoms with Crippen molar-refractivity contribution < 1.29 is 0 Å². The molecule has 1 aromatic heterocycles. The monoisotopic (exact) mass is 187 g/mol. The van der Waals surface area contributed by atoms with Gasteiger partial charge in [-0.15, -0.1) is 0 Å². The van der Waals surface area contributed by atoms with Gasteiger partial charge in [0, 0.05) is 17.1 Å². The van der Waals surface area contributed by atoms with Gasteiger partial charge >= 0.3 is 0 Å². The number of benzene rings is 1. The van der Waals surface area contributed by atoms with Crippen LogP contribution in [-0.4, -0.2) is 16.2 Å². The van der Waals surface area contributed by atoms with Crippen molar-refractivity contribution in [2.45, 2.75) is 19.9 Å². The predicted octanol–water partition coefficient (Wildman–Crippen LogP) is 2.45. The maximum Gasteiger partial charge on any atom is 0.0950 e. The van der Waals surface area contributed by atoms with Gasteiger partial charge in [-0.05, 0) is 32.0 Å². The van der Waals surface area contributed by atoms with Crippen molar-refractivity contribution in [2.75, 3.05) is 5.32 Å². The van der Waals surface area contributed by atoms with Crippen LogP contribution >= 0.6 is 0 Å². The molecule has 1 N–H and O–H groups in total. The molecule has 3 heteroatoms. The van der Waals surface area contributed by atoms with Crippen LogP contribution in [0.15, 0.2) is 30.5 Å². The molecular formula is C11H13N3. The molecule has 1 heterocycles. The summed E-state index contributed by atoms with van der Waals surface area (Å²) in [4.78, 5) is 0. The lowest BCUT2D eigenvalue weighted by Gasteiger charge is -2.09. The minimum absolute atomic E-state index is 0.434. The quantitative estimate of drug-likeness (QED) is 0.784. The molecular weight excluding hydrogens is 174 g/mol. The molecule has 0 bridgehead atoms. The maximum atomic E-state index is 4.06. The Morgan fingerprint density at radius 2 is 2.07 bits per heavy atom. The molecule has 2 rings (SSSR count). The Balaban J connectivity index is 2.41. The van der Waals surface area contributed by atoms with E-state index < -0.39 is 0 Å². The van der Waals surface area contributed by atoms with Gasteiger partial charge < -0.3 is 5.32 Å². The zero-order valence-electron chi connectivity index (χ0n) is 8.36. The molecule has 14 heavy (non-hydrogen) atoms. The molecule has 0 aliphatic heterocycles. The topological polar surface area (TPSA) is 37.8 Å². The number of anilines is 1. The summed E-state index contributed by atoms with van der Waals surface area (Å²) in [5.74, 6) is 0. The SMILES string of the molecule is CC(C)Nc1ccc2ccnnc2c1. The number of hydrogen-bond acceptors (Lipinski definition) is 3. The molecule has 3 nitrogen and oxygen atoms in total. The van der Waals surface area contributed by atoms with Crippen LogP contribution in [0.3, 0.4) is 0 Å². The first kappa shape index (κ1) is 8.94. The highest BCUT2D eigenvalue weighted by molar-refractivity contribution is 5.81. The summed E-state index contributed by atoms with van der Waals surface area (Å²) in [5.41, 5.74) is 2.02. The van der Waals surface area contributed by atoms with Gasteiger partial charge in [-0.25, -0.2) is 0 Å². The molecule has 1 aromatic carbocycles. The first-order valence-electron chi connectivity index (χ1n) is 4.74. The van der Waals surface area contributed by atoms with Gasteiger partial charge in [-0.2, -0.15) is 10.2 Å². The van der Waals surface area contributed by atoms with Crippen LogP contribution < -0.4 is 5.32 Å². The van der Waals surface area contributed by atoms with E-state index >= 15 is 0 Å². The zero-order valence-corrected chi connectivity index (χ0v) is 8.36. The Morgan fingerprint density at radius 1 is 1.21 bits per heavy atom. The molecule has 0 unspecified atom stereocenters. The van der Waals surface area contributed by atoms with E-state index in [0.29, 0.717) is 6.04 Å². The second-order valence-corrected chi connectivity index (χ2v) is 3.60. The van der Waals surface area contributed by atoms with Crippen LogP contribution in [-0.2, 0) is 0 Å². The molecule has 0 spiro atoms. The smallest absolute Gasteiger partial charge is 0.0950 e. The first-order chi connectivity index (χ1) is 6.75. The Labute approximate surface area is 83.2 Å². The van der Waals surface area contributed by atoms with Gasteiger partial charge in [0.15, 0.2) is 0 Å². The molecule has 2 aromatic rings. The molecule has 0 aliphatic rings. The summed E-state index contributed by atoms with van der Waals surface area (Å²) in [6, 6.07) is 8.52. The second-order valence-electron chi connectivity index (χ2n) is 3.60. The largest absolute Gasteiger partial charge is 0.383 e. The van der Waals surface area contributed by atoms with Gasteiger partial charge in [-0.1, -0.05) is 6.07 Å². The van der Waals surface area contributed by atoms with E-state index in [1.54, 1.807) is 6.20 Å². The van der Waals surface area contributed by atoms with Gasteiger partial charge in [0.1, 0.15) is 0 Å². The van der Waals surface area contributed by atoms with Gasteiger partial charge in [-0.3, -0.25) is 0 Å². The van der Waals surface area contributed by atoms with E-state index in [1.807, 2.05) is 12.1 Å². The molecule has 0 aliphatic carbocycles. The third-order valence-electron chi connectivity index (χ3n) is 1.97. The van der Waals surface area contributed by atoms with Crippen molar-refractivity contribution in [3.8, 4) is 0 Å². The number of hydrogen-bond donors (Lipinski definition) is 1. The van der Waals surface area contributed by atoms with Crippen LogP contribution in [0, 0.1) is 0 Å². The highest BCUT2D eigenvalue weighted by Crippen LogP contribution is 2.16. The summed E-state index contributed by atoms with van der Waals surface area (Å²) in [6.07, 6.45) is 1.71. The normalized spacial score (nSPS) is 10.8. The lowest BCUT2D eigenvalue weighted by molar-refractivity contribution is 0.900. The van der Waals surface area contributed by atoms with Gasteiger partial charge in [0.05, 0.1) is 11.7 Å². The number of nitrogens with one attached hydrogen (secondary N) is 1. The number of aromatic nitrogens is 2. The van der Waals surface area contributed by atoms with Crippen molar-refractivity contribution in [1.82, 2.24) is 10.2 Å². The van der Waals surface area contributed by atoms with Crippen LogP contribution in [0.4, 0.5) is 5.69 Å². The first-order valence-corrected chi connectivity index (χ1v) is 4.74. The van der Waals surface area contributed by atoms with Crippen LogP contribution in [0.1, 0.15) is 13.8 Å². The standard InChI is InChI=1S/C11H13N3/c1-8(2)13-10-4-3-9-5-6-12-14-11(9)7-10/h3-8,13H,1-2H3. The van der Waals surface area contributed by atoms with Crippen molar-refractivity contribution in [2.24, 2.45) is 0 Å². The average Bonchev–Trinajstić information content (AvgIpc) is 2.17. The highest BCUT2D eigenvalue weighted by atomic mass is 15.1. The van der Waals surface area contributed by atoms with Crippen LogP contribution in [0.25, 0.3) is 10.9 Å². The van der Waals surface area contributed by atoms with Crippen molar-refractivity contribution >= 4 is 16.6 Å². The minimum Gasteiger partial charge on any atom is -0.383 e. The Kier molecular flexibility index (Phi) is 2.31. The second kappa shape index (κ2) is 3.62. The summed E-state index contributed by atoms with van der Waals surface area (Å²) in [5, 5.41) is 12.4. The predicted molar refractivity (Wildman–Crippen MR) is 58.3 cm³/mol. The lowest BCUT2D eigenvalue weighted by Crippen LogP contribution is -2.09. The third-order valence-corrected chi connectivity index (χ3v) is 1.97. The van der Waals surface area contributed by atoms with E-state index in [4.69, 9.17) is 0 Å². The molecule has 0 radical (unpaired) electrons. The van der Waals surface area contributed by atoms with E-state index in [9.17, 15) is 0 Å². The van der Waals surface area contributed by atoms with E-state index in [-0.39, 0.29) is 0 Å². The summed E-state index contributed by atoms with van der Waals surface area (Å²) in [7, 11) is 0.